The van der Waals surface area contributed by atoms with Crippen molar-refractivity contribution in [2.24, 2.45) is 0 Å². The average molecular weight is 401 g/mol. The lowest BCUT2D eigenvalue weighted by atomic mass is 10.1. The third kappa shape index (κ3) is 6.93. The van der Waals surface area contributed by atoms with Crippen LogP contribution in [0.25, 0.3) is 0 Å². The lowest BCUT2D eigenvalue weighted by Gasteiger charge is -2.25. The number of thioether (sulfide) groups is 1. The van der Waals surface area contributed by atoms with Crippen LogP contribution in [0, 0.1) is 0 Å². The van der Waals surface area contributed by atoms with Gasteiger partial charge < -0.3 is 15.7 Å². The van der Waals surface area contributed by atoms with Crippen molar-refractivity contribution in [3.05, 3.63) is 65.7 Å². The summed E-state index contributed by atoms with van der Waals surface area (Å²) >= 11 is 1.66. The van der Waals surface area contributed by atoms with Gasteiger partial charge in [0, 0.05) is 17.4 Å². The first-order valence-electron chi connectivity index (χ1n) is 9.44. The van der Waals surface area contributed by atoms with E-state index < -0.39 is 6.04 Å². The lowest BCUT2D eigenvalue weighted by molar-refractivity contribution is -0.122. The summed E-state index contributed by atoms with van der Waals surface area (Å²) in [7, 11) is 0. The Morgan fingerprint density at radius 2 is 1.64 bits per heavy atom. The minimum absolute atomic E-state index is 0.0682. The molecule has 150 valence electrons. The molecule has 0 bridgehead atoms. The summed E-state index contributed by atoms with van der Waals surface area (Å²) in [6, 6.07) is 15.2. The van der Waals surface area contributed by atoms with Crippen LogP contribution < -0.4 is 10.6 Å². The highest BCUT2D eigenvalue weighted by Gasteiger charge is 2.28. The average Bonchev–Trinajstić information content (AvgIpc) is 2.67. The van der Waals surface area contributed by atoms with Crippen LogP contribution in [0.1, 0.15) is 36.7 Å². The van der Waals surface area contributed by atoms with Crippen molar-refractivity contribution >= 4 is 23.6 Å². The molecular weight excluding hydrogens is 372 g/mol. The summed E-state index contributed by atoms with van der Waals surface area (Å²) in [4.78, 5) is 25.4. The molecule has 28 heavy (non-hydrogen) atoms. The van der Waals surface area contributed by atoms with Crippen LogP contribution in [0.15, 0.2) is 54.6 Å². The van der Waals surface area contributed by atoms with Crippen LogP contribution in [0.2, 0.25) is 0 Å². The van der Waals surface area contributed by atoms with Crippen molar-refractivity contribution in [1.82, 2.24) is 10.6 Å². The van der Waals surface area contributed by atoms with Gasteiger partial charge in [-0.25, -0.2) is 0 Å². The summed E-state index contributed by atoms with van der Waals surface area (Å²) < 4.78 is 0. The molecule has 2 aromatic carbocycles. The molecular formula is C22H28N2O3S. The summed E-state index contributed by atoms with van der Waals surface area (Å²) in [6.45, 7) is 6.56. The van der Waals surface area contributed by atoms with E-state index in [9.17, 15) is 14.7 Å². The van der Waals surface area contributed by atoms with Crippen molar-refractivity contribution in [2.75, 3.05) is 6.54 Å². The molecule has 2 rings (SSSR count). The fourth-order valence-corrected chi connectivity index (χ4v) is 4.03. The molecule has 0 radical (unpaired) electrons. The number of carbonyl (C=O) groups is 2. The highest BCUT2D eigenvalue weighted by molar-refractivity contribution is 8.00. The fourth-order valence-electron chi connectivity index (χ4n) is 2.82. The fraction of sp³-hybridized carbons (Fsp3) is 0.364. The number of nitrogens with one attached hydrogen (secondary N) is 2. The second-order valence-corrected chi connectivity index (χ2v) is 8.87. The Kier molecular flexibility index (Phi) is 8.39. The molecule has 2 unspecified atom stereocenters. The first-order valence-corrected chi connectivity index (χ1v) is 10.4. The molecule has 0 fully saturated rings. The Bertz CT molecular complexity index is 763. The van der Waals surface area contributed by atoms with Crippen LogP contribution in [-0.4, -0.2) is 40.0 Å². The molecule has 0 spiro atoms. The number of aromatic hydroxyl groups is 1. The Morgan fingerprint density at radius 3 is 2.25 bits per heavy atom. The maximum absolute atomic E-state index is 12.8. The van der Waals surface area contributed by atoms with Gasteiger partial charge in [0.05, 0.1) is 0 Å². The first-order chi connectivity index (χ1) is 13.4. The van der Waals surface area contributed by atoms with E-state index in [0.29, 0.717) is 23.8 Å². The number of rotatable bonds is 9. The molecule has 0 saturated carbocycles. The third-order valence-corrected chi connectivity index (χ3v) is 5.46. The van der Waals surface area contributed by atoms with Gasteiger partial charge in [0.1, 0.15) is 11.8 Å². The van der Waals surface area contributed by atoms with Gasteiger partial charge in [-0.05, 0) is 41.5 Å². The highest BCUT2D eigenvalue weighted by atomic mass is 32.2. The molecule has 0 aliphatic carbocycles. The molecule has 0 saturated heterocycles. The predicted octanol–water partition coefficient (Wildman–Crippen LogP) is 3.38. The Morgan fingerprint density at radius 1 is 1.00 bits per heavy atom. The van der Waals surface area contributed by atoms with E-state index in [1.807, 2.05) is 25.1 Å². The zero-order chi connectivity index (χ0) is 20.5. The van der Waals surface area contributed by atoms with Crippen LogP contribution in [0.5, 0.6) is 5.75 Å². The van der Waals surface area contributed by atoms with Gasteiger partial charge in [-0.3, -0.25) is 9.59 Å². The Labute approximate surface area is 170 Å². The predicted molar refractivity (Wildman–Crippen MR) is 115 cm³/mol. The summed E-state index contributed by atoms with van der Waals surface area (Å²) in [6.07, 6.45) is 0.650. The number of benzene rings is 2. The van der Waals surface area contributed by atoms with Crippen molar-refractivity contribution in [2.45, 2.75) is 43.7 Å². The summed E-state index contributed by atoms with van der Waals surface area (Å²) in [5.41, 5.74) is 1.55. The topological polar surface area (TPSA) is 78.4 Å². The van der Waals surface area contributed by atoms with Crippen LogP contribution >= 0.6 is 11.8 Å². The van der Waals surface area contributed by atoms with Crippen molar-refractivity contribution in [3.63, 3.8) is 0 Å². The third-order valence-electron chi connectivity index (χ3n) is 4.21. The largest absolute Gasteiger partial charge is 0.508 e. The SMILES string of the molecule is CC(C)SC(C)C(NC(=O)c1ccccc1)C(=O)NCCc1ccc(O)cc1. The van der Waals surface area contributed by atoms with E-state index in [1.165, 1.54) is 0 Å². The smallest absolute Gasteiger partial charge is 0.251 e. The lowest BCUT2D eigenvalue weighted by Crippen LogP contribution is -2.52. The number of phenols is 1. The second kappa shape index (κ2) is 10.8. The van der Waals surface area contributed by atoms with E-state index in [2.05, 4.69) is 24.5 Å². The highest BCUT2D eigenvalue weighted by Crippen LogP contribution is 2.20. The molecule has 0 aliphatic rings. The number of amides is 2. The summed E-state index contributed by atoms with van der Waals surface area (Å²) in [5, 5.41) is 15.4. The number of hydrogen-bond donors (Lipinski definition) is 3. The van der Waals surface area contributed by atoms with Gasteiger partial charge in [0.15, 0.2) is 0 Å². The molecule has 6 heteroatoms. The van der Waals surface area contributed by atoms with Crippen LogP contribution in [0.4, 0.5) is 0 Å². The van der Waals surface area contributed by atoms with Gasteiger partial charge in [-0.15, -0.1) is 0 Å². The van der Waals surface area contributed by atoms with E-state index in [0.717, 1.165) is 5.56 Å². The summed E-state index contributed by atoms with van der Waals surface area (Å²) in [5.74, 6) is -0.227. The second-order valence-electron chi connectivity index (χ2n) is 6.91. The monoisotopic (exact) mass is 400 g/mol. The van der Waals surface area contributed by atoms with E-state index in [-0.39, 0.29) is 22.8 Å². The number of hydrogen-bond acceptors (Lipinski definition) is 4. The zero-order valence-electron chi connectivity index (χ0n) is 16.5. The van der Waals surface area contributed by atoms with Crippen molar-refractivity contribution in [1.29, 1.82) is 0 Å². The van der Waals surface area contributed by atoms with Crippen LogP contribution in [-0.2, 0) is 11.2 Å². The normalized spacial score (nSPS) is 13.0. The minimum atomic E-state index is -0.625. The van der Waals surface area contributed by atoms with Gasteiger partial charge in [-0.2, -0.15) is 11.8 Å². The Balaban J connectivity index is 1.99. The molecule has 2 atom stereocenters. The maximum atomic E-state index is 12.8. The Hall–Kier alpha value is -2.47. The van der Waals surface area contributed by atoms with Crippen LogP contribution in [0.3, 0.4) is 0 Å². The standard InChI is InChI=1S/C22H28N2O3S/c1-15(2)28-16(3)20(24-21(26)18-7-5-4-6-8-18)22(27)23-14-13-17-9-11-19(25)12-10-17/h4-12,15-16,20,25H,13-14H2,1-3H3,(H,23,27)(H,24,26). The van der Waals surface area contributed by atoms with Gasteiger partial charge >= 0.3 is 0 Å². The van der Waals surface area contributed by atoms with E-state index in [1.54, 1.807) is 48.2 Å². The molecule has 0 aromatic heterocycles. The molecule has 5 nitrogen and oxygen atoms in total. The molecule has 3 N–H and O–H groups in total. The minimum Gasteiger partial charge on any atom is -0.508 e. The molecule has 0 heterocycles. The molecule has 0 aliphatic heterocycles. The quantitative estimate of drug-likeness (QED) is 0.603. The van der Waals surface area contributed by atoms with Gasteiger partial charge in [-0.1, -0.05) is 51.1 Å². The maximum Gasteiger partial charge on any atom is 0.251 e. The van der Waals surface area contributed by atoms with Gasteiger partial charge in [0.25, 0.3) is 5.91 Å². The van der Waals surface area contributed by atoms with Crippen molar-refractivity contribution in [3.8, 4) is 5.75 Å². The zero-order valence-corrected chi connectivity index (χ0v) is 17.3. The number of carbonyl (C=O) groups excluding carboxylic acids is 2. The van der Waals surface area contributed by atoms with Gasteiger partial charge in [0.2, 0.25) is 5.91 Å². The first kappa shape index (κ1) is 21.8. The number of phenolic OH excluding ortho intramolecular Hbond substituents is 1. The molecule has 2 aromatic rings. The van der Waals surface area contributed by atoms with E-state index in [4.69, 9.17) is 0 Å². The molecule has 2 amide bonds. The van der Waals surface area contributed by atoms with E-state index >= 15 is 0 Å². The van der Waals surface area contributed by atoms with Crippen molar-refractivity contribution < 1.29 is 14.7 Å².